The van der Waals surface area contributed by atoms with Gasteiger partial charge in [-0.2, -0.15) is 5.10 Å². The van der Waals surface area contributed by atoms with E-state index in [1.165, 1.54) is 23.8 Å². The van der Waals surface area contributed by atoms with E-state index in [1.54, 1.807) is 6.21 Å². The molecule has 0 aliphatic heterocycles. The van der Waals surface area contributed by atoms with Crippen molar-refractivity contribution in [3.8, 4) is 11.5 Å². The monoisotopic (exact) mass is 546 g/mol. The Hall–Kier alpha value is -3.91. The lowest BCUT2D eigenvalue weighted by Crippen LogP contribution is -2.34. The summed E-state index contributed by atoms with van der Waals surface area (Å²) in [6.45, 7) is 4.15. The maximum atomic E-state index is 12.4. The predicted molar refractivity (Wildman–Crippen MR) is 160 cm³/mol. The fraction of sp³-hybridized carbons (Fsp3) is 0.226. The molecular weight excluding hydrogens is 512 g/mol. The molecule has 0 radical (unpaired) electrons. The van der Waals surface area contributed by atoms with E-state index in [1.807, 2.05) is 42.5 Å². The molecule has 0 atom stereocenters. The number of carbonyl (C=O) groups excluding carboxylic acids is 1. The lowest BCUT2D eigenvalue weighted by Gasteiger charge is -2.24. The van der Waals surface area contributed by atoms with Gasteiger partial charge in [-0.3, -0.25) is 9.69 Å². The molecule has 8 heteroatoms. The molecule has 0 aliphatic rings. The zero-order valence-corrected chi connectivity index (χ0v) is 22.9. The first kappa shape index (κ1) is 28.1. The lowest BCUT2D eigenvalue weighted by atomic mass is 10.0. The third kappa shape index (κ3) is 8.04. The minimum absolute atomic E-state index is 0. The fourth-order valence-corrected chi connectivity index (χ4v) is 4.32. The van der Waals surface area contributed by atoms with Crippen LogP contribution >= 0.6 is 11.6 Å². The average Bonchev–Trinajstić information content (AvgIpc) is 2.94. The van der Waals surface area contributed by atoms with Crippen LogP contribution < -0.4 is 10.2 Å². The Morgan fingerprint density at radius 1 is 0.974 bits per heavy atom. The number of hydrazone groups is 1. The number of benzene rings is 4. The second kappa shape index (κ2) is 13.8. The predicted octanol–water partition coefficient (Wildman–Crippen LogP) is 5.65. The summed E-state index contributed by atoms with van der Waals surface area (Å²) >= 11 is 5.90. The van der Waals surface area contributed by atoms with Crippen molar-refractivity contribution >= 4 is 34.5 Å². The van der Waals surface area contributed by atoms with Gasteiger partial charge < -0.3 is 14.7 Å². The van der Waals surface area contributed by atoms with Gasteiger partial charge in [0.1, 0.15) is 18.1 Å². The van der Waals surface area contributed by atoms with Crippen molar-refractivity contribution in [1.82, 2.24) is 15.2 Å². The number of rotatable bonds is 12. The first-order chi connectivity index (χ1) is 18.9. The van der Waals surface area contributed by atoms with E-state index in [4.69, 9.17) is 16.3 Å². The number of aromatic hydroxyl groups is 1. The van der Waals surface area contributed by atoms with Gasteiger partial charge in [0.15, 0.2) is 0 Å². The van der Waals surface area contributed by atoms with Crippen LogP contribution in [0.15, 0.2) is 90.0 Å². The van der Waals surface area contributed by atoms with E-state index in [0.717, 1.165) is 48.3 Å². The van der Waals surface area contributed by atoms with Crippen LogP contribution in [-0.4, -0.2) is 67.4 Å². The second-order valence-electron chi connectivity index (χ2n) is 9.48. The smallest absolute Gasteiger partial charge is 0.271 e. The van der Waals surface area contributed by atoms with Crippen molar-refractivity contribution in [2.24, 2.45) is 5.10 Å². The number of likely N-dealkylation sites (N-methyl/N-ethyl adjacent to an activating group) is 1. The van der Waals surface area contributed by atoms with Crippen LogP contribution in [0.3, 0.4) is 0 Å². The van der Waals surface area contributed by atoms with Gasteiger partial charge in [-0.05, 0) is 55.4 Å². The Kier molecular flexibility index (Phi) is 9.91. The minimum atomic E-state index is -0.424. The van der Waals surface area contributed by atoms with Crippen LogP contribution in [0.5, 0.6) is 11.5 Å². The number of phenols is 1. The molecule has 0 bridgehead atoms. The zero-order valence-electron chi connectivity index (χ0n) is 22.2. The normalized spacial score (nSPS) is 11.5. The van der Waals surface area contributed by atoms with E-state index in [2.05, 4.69) is 58.7 Å². The van der Waals surface area contributed by atoms with Crippen LogP contribution in [0.2, 0.25) is 5.02 Å². The molecule has 4 aromatic rings. The molecular formula is C31H35ClN4O3. The molecule has 4 aromatic carbocycles. The van der Waals surface area contributed by atoms with Gasteiger partial charge in [0, 0.05) is 44.1 Å². The standard InChI is InChI=1S/C31H33ClN4O3.H2/c1-35(2)16-17-36(22-23-8-4-3-5-9-23)18-19-39-30-15-13-25(26-10-6-7-11-27(26)30)21-33-34-31(38)24-12-14-29(37)28(32)20-24;/h3-15,20-21,37H,16-19,22H2,1-2H3,(H,34,38);1H/b33-21+;. The van der Waals surface area contributed by atoms with Crippen LogP contribution in [0.1, 0.15) is 22.9 Å². The van der Waals surface area contributed by atoms with Crippen molar-refractivity contribution in [1.29, 1.82) is 0 Å². The number of hydrogen-bond donors (Lipinski definition) is 2. The van der Waals surface area contributed by atoms with Gasteiger partial charge in [0.05, 0.1) is 11.2 Å². The Morgan fingerprint density at radius 3 is 2.46 bits per heavy atom. The summed E-state index contributed by atoms with van der Waals surface area (Å²) in [6, 6.07) is 26.6. The van der Waals surface area contributed by atoms with Gasteiger partial charge in [-0.25, -0.2) is 5.43 Å². The maximum absolute atomic E-state index is 12.4. The van der Waals surface area contributed by atoms with Crippen molar-refractivity contribution < 1.29 is 16.1 Å². The van der Waals surface area contributed by atoms with Crippen LogP contribution in [0.25, 0.3) is 10.8 Å². The van der Waals surface area contributed by atoms with E-state index in [0.29, 0.717) is 12.2 Å². The number of hydrogen-bond acceptors (Lipinski definition) is 6. The summed E-state index contributed by atoms with van der Waals surface area (Å²) in [6.07, 6.45) is 1.61. The highest BCUT2D eigenvalue weighted by Crippen LogP contribution is 2.28. The molecule has 0 unspecified atom stereocenters. The number of nitrogens with one attached hydrogen (secondary N) is 1. The van der Waals surface area contributed by atoms with Gasteiger partial charge in [0.2, 0.25) is 0 Å². The molecule has 4 rings (SSSR count). The minimum Gasteiger partial charge on any atom is -0.506 e. The third-order valence-electron chi connectivity index (χ3n) is 6.27. The molecule has 7 nitrogen and oxygen atoms in total. The molecule has 0 aromatic heterocycles. The number of phenolic OH excluding ortho intramolecular Hbond substituents is 1. The van der Waals surface area contributed by atoms with Gasteiger partial charge >= 0.3 is 0 Å². The topological polar surface area (TPSA) is 77.4 Å². The molecule has 0 fully saturated rings. The summed E-state index contributed by atoms with van der Waals surface area (Å²) in [5.74, 6) is 0.299. The van der Waals surface area contributed by atoms with Gasteiger partial charge in [-0.1, -0.05) is 66.2 Å². The third-order valence-corrected chi connectivity index (χ3v) is 6.58. The Balaban J connectivity index is 0.00000441. The lowest BCUT2D eigenvalue weighted by molar-refractivity contribution is 0.0955. The molecule has 1 amide bonds. The van der Waals surface area contributed by atoms with E-state index < -0.39 is 5.91 Å². The first-order valence-electron chi connectivity index (χ1n) is 12.8. The maximum Gasteiger partial charge on any atom is 0.271 e. The van der Waals surface area contributed by atoms with Crippen LogP contribution in [-0.2, 0) is 6.54 Å². The Morgan fingerprint density at radius 2 is 1.72 bits per heavy atom. The van der Waals surface area contributed by atoms with Crippen molar-refractivity contribution in [3.05, 3.63) is 107 Å². The molecule has 39 heavy (non-hydrogen) atoms. The molecule has 0 aliphatic carbocycles. The largest absolute Gasteiger partial charge is 0.506 e. The van der Waals surface area contributed by atoms with E-state index in [-0.39, 0.29) is 12.2 Å². The highest BCUT2D eigenvalue weighted by atomic mass is 35.5. The molecule has 0 spiro atoms. The molecule has 0 heterocycles. The summed E-state index contributed by atoms with van der Waals surface area (Å²) in [7, 11) is 4.17. The highest BCUT2D eigenvalue weighted by molar-refractivity contribution is 6.32. The number of carbonyl (C=O) groups is 1. The number of nitrogens with zero attached hydrogens (tertiary/aromatic N) is 3. The number of ether oxygens (including phenoxy) is 1. The van der Waals surface area contributed by atoms with Crippen molar-refractivity contribution in [2.45, 2.75) is 6.54 Å². The average molecular weight is 547 g/mol. The number of halogens is 1. The highest BCUT2D eigenvalue weighted by Gasteiger charge is 2.11. The summed E-state index contributed by atoms with van der Waals surface area (Å²) in [4.78, 5) is 17.0. The fourth-order valence-electron chi connectivity index (χ4n) is 4.14. The second-order valence-corrected chi connectivity index (χ2v) is 9.88. The molecule has 2 N–H and O–H groups in total. The summed E-state index contributed by atoms with van der Waals surface area (Å²) < 4.78 is 6.27. The van der Waals surface area contributed by atoms with Crippen molar-refractivity contribution in [2.75, 3.05) is 40.3 Å². The van der Waals surface area contributed by atoms with Crippen molar-refractivity contribution in [3.63, 3.8) is 0 Å². The van der Waals surface area contributed by atoms with Crippen LogP contribution in [0.4, 0.5) is 0 Å². The molecule has 204 valence electrons. The summed E-state index contributed by atoms with van der Waals surface area (Å²) in [5.41, 5.74) is 4.94. The molecule has 0 saturated heterocycles. The zero-order chi connectivity index (χ0) is 27.6. The van der Waals surface area contributed by atoms with E-state index >= 15 is 0 Å². The SMILES string of the molecule is CN(C)CCN(CCOc1ccc(/C=N/NC(=O)c2ccc(O)c(Cl)c2)c2ccccc12)Cc1ccccc1.[HH]. The quantitative estimate of drug-likeness (QED) is 0.177. The Bertz CT molecular complexity index is 1430. The van der Waals surface area contributed by atoms with Crippen LogP contribution in [0, 0.1) is 0 Å². The number of amides is 1. The number of fused-ring (bicyclic) bond motifs is 1. The first-order valence-corrected chi connectivity index (χ1v) is 13.2. The van der Waals surface area contributed by atoms with Gasteiger partial charge in [0.25, 0.3) is 5.91 Å². The van der Waals surface area contributed by atoms with E-state index in [9.17, 15) is 9.90 Å². The van der Waals surface area contributed by atoms with Gasteiger partial charge in [-0.15, -0.1) is 0 Å². The Labute approximate surface area is 235 Å². The molecule has 0 saturated carbocycles. The summed E-state index contributed by atoms with van der Waals surface area (Å²) in [5, 5.41) is 15.7.